The van der Waals surface area contributed by atoms with E-state index in [-0.39, 0.29) is 5.75 Å². The molecule has 0 amide bonds. The smallest absolute Gasteiger partial charge is 0.406 e. The van der Waals surface area contributed by atoms with Crippen LogP contribution >= 0.6 is 0 Å². The van der Waals surface area contributed by atoms with Crippen LogP contribution in [0.15, 0.2) is 30.3 Å². The number of ether oxygens (including phenoxy) is 2. The van der Waals surface area contributed by atoms with E-state index in [2.05, 4.69) is 19.4 Å². The number of aryl methyl sites for hydroxylation is 1. The molecule has 174 valence electrons. The van der Waals surface area contributed by atoms with Crippen LogP contribution in [-0.4, -0.2) is 91.5 Å². The summed E-state index contributed by atoms with van der Waals surface area (Å²) >= 11 is 0. The molecule has 3 aliphatic rings. The minimum absolute atomic E-state index is 0.239. The second-order valence-electron chi connectivity index (χ2n) is 9.13. The summed E-state index contributed by atoms with van der Waals surface area (Å²) in [6.45, 7) is 12.2. The SMILES string of the molecule is Cc1cc(N2CCN(CCN3CC4(COC4)C3)CC2)nn1-c1ccc(OC(F)(F)F)cc1. The van der Waals surface area contributed by atoms with Crippen LogP contribution in [0.1, 0.15) is 5.69 Å². The molecule has 3 fully saturated rings. The third-order valence-electron chi connectivity index (χ3n) is 6.55. The van der Waals surface area contributed by atoms with Gasteiger partial charge < -0.3 is 19.3 Å². The third kappa shape index (κ3) is 4.57. The van der Waals surface area contributed by atoms with Crippen LogP contribution in [-0.2, 0) is 4.74 Å². The van der Waals surface area contributed by atoms with Gasteiger partial charge in [-0.15, -0.1) is 13.2 Å². The second-order valence-corrected chi connectivity index (χ2v) is 9.13. The van der Waals surface area contributed by atoms with Gasteiger partial charge >= 0.3 is 6.36 Å². The van der Waals surface area contributed by atoms with Gasteiger partial charge in [0, 0.05) is 69.5 Å². The molecule has 1 aromatic carbocycles. The van der Waals surface area contributed by atoms with Crippen LogP contribution in [0.4, 0.5) is 19.0 Å². The first-order chi connectivity index (χ1) is 15.3. The zero-order valence-electron chi connectivity index (χ0n) is 18.1. The summed E-state index contributed by atoms with van der Waals surface area (Å²) in [5.41, 5.74) is 2.10. The van der Waals surface area contributed by atoms with Gasteiger partial charge in [-0.1, -0.05) is 0 Å². The molecule has 1 aromatic heterocycles. The Morgan fingerprint density at radius 2 is 1.66 bits per heavy atom. The fourth-order valence-corrected chi connectivity index (χ4v) is 4.78. The number of rotatable bonds is 6. The first kappa shape index (κ1) is 21.5. The molecule has 0 saturated carbocycles. The number of alkyl halides is 3. The van der Waals surface area contributed by atoms with E-state index in [9.17, 15) is 13.2 Å². The van der Waals surface area contributed by atoms with Crippen molar-refractivity contribution in [2.24, 2.45) is 5.41 Å². The second kappa shape index (κ2) is 8.24. The molecular formula is C22H28F3N5O2. The number of anilines is 1. The van der Waals surface area contributed by atoms with Crippen molar-refractivity contribution in [3.05, 3.63) is 36.0 Å². The van der Waals surface area contributed by atoms with Gasteiger partial charge in [0.2, 0.25) is 0 Å². The van der Waals surface area contributed by atoms with E-state index < -0.39 is 6.36 Å². The summed E-state index contributed by atoms with van der Waals surface area (Å²) < 4.78 is 48.1. The molecule has 0 N–H and O–H groups in total. The standard InChI is InChI=1S/C22H28F3N5O2/c1-17-12-20(26-30(17)18-2-4-19(5-3-18)32-22(23,24)25)29-10-8-27(9-11-29)6-7-28-13-21(14-28)15-31-16-21/h2-5,12H,6-11,13-16H2,1H3. The molecule has 7 nitrogen and oxygen atoms in total. The highest BCUT2D eigenvalue weighted by Gasteiger charge is 2.48. The van der Waals surface area contributed by atoms with Crippen LogP contribution in [0.25, 0.3) is 5.69 Å². The summed E-state index contributed by atoms with van der Waals surface area (Å²) in [6.07, 6.45) is -4.69. The molecule has 2 aromatic rings. The molecule has 4 heterocycles. The number of aromatic nitrogens is 2. The van der Waals surface area contributed by atoms with E-state index in [1.807, 2.05) is 13.0 Å². The first-order valence-electron chi connectivity index (χ1n) is 11.0. The summed E-state index contributed by atoms with van der Waals surface area (Å²) in [6, 6.07) is 7.80. The van der Waals surface area contributed by atoms with Crippen molar-refractivity contribution in [2.75, 3.05) is 70.5 Å². The predicted octanol–water partition coefficient (Wildman–Crippen LogP) is 2.53. The Bertz CT molecular complexity index is 926. The molecule has 3 aliphatic heterocycles. The summed E-state index contributed by atoms with van der Waals surface area (Å²) in [5, 5.41) is 4.70. The van der Waals surface area contributed by atoms with Crippen LogP contribution in [0.2, 0.25) is 0 Å². The molecule has 3 saturated heterocycles. The molecule has 0 unspecified atom stereocenters. The minimum atomic E-state index is -4.69. The topological polar surface area (TPSA) is 46.0 Å². The Balaban J connectivity index is 1.13. The molecule has 5 rings (SSSR count). The monoisotopic (exact) mass is 451 g/mol. The lowest BCUT2D eigenvalue weighted by Crippen LogP contribution is -2.66. The molecular weight excluding hydrogens is 423 g/mol. The van der Waals surface area contributed by atoms with E-state index >= 15 is 0 Å². The molecule has 0 atom stereocenters. The lowest BCUT2D eigenvalue weighted by atomic mass is 9.78. The van der Waals surface area contributed by atoms with Gasteiger partial charge in [-0.2, -0.15) is 5.10 Å². The molecule has 0 aliphatic carbocycles. The van der Waals surface area contributed by atoms with E-state index in [4.69, 9.17) is 9.84 Å². The maximum absolute atomic E-state index is 12.4. The lowest BCUT2D eigenvalue weighted by molar-refractivity contribution is -0.274. The Kier molecular flexibility index (Phi) is 5.55. The lowest BCUT2D eigenvalue weighted by Gasteiger charge is -2.55. The van der Waals surface area contributed by atoms with Gasteiger partial charge in [0.25, 0.3) is 0 Å². The Morgan fingerprint density at radius 3 is 2.25 bits per heavy atom. The quantitative estimate of drug-likeness (QED) is 0.673. The maximum atomic E-state index is 12.4. The van der Waals surface area contributed by atoms with Crippen molar-refractivity contribution in [2.45, 2.75) is 13.3 Å². The summed E-state index contributed by atoms with van der Waals surface area (Å²) in [5.74, 6) is 0.657. The van der Waals surface area contributed by atoms with Crippen LogP contribution in [0, 0.1) is 12.3 Å². The maximum Gasteiger partial charge on any atom is 0.573 e. The van der Waals surface area contributed by atoms with Crippen LogP contribution in [0.3, 0.4) is 0 Å². The summed E-state index contributed by atoms with van der Waals surface area (Å²) in [4.78, 5) is 7.29. The van der Waals surface area contributed by atoms with Crippen molar-refractivity contribution in [3.8, 4) is 11.4 Å². The average Bonchev–Trinajstić information content (AvgIpc) is 3.07. The van der Waals surface area contributed by atoms with E-state index in [1.165, 1.54) is 25.2 Å². The van der Waals surface area contributed by atoms with E-state index in [0.717, 1.165) is 64.0 Å². The fraction of sp³-hybridized carbons (Fsp3) is 0.591. The number of halogens is 3. The van der Waals surface area contributed by atoms with Crippen molar-refractivity contribution >= 4 is 5.82 Å². The van der Waals surface area contributed by atoms with Crippen molar-refractivity contribution < 1.29 is 22.6 Å². The van der Waals surface area contributed by atoms with Crippen molar-refractivity contribution in [3.63, 3.8) is 0 Å². The molecule has 0 bridgehead atoms. The van der Waals surface area contributed by atoms with Gasteiger partial charge in [-0.05, 0) is 31.2 Å². The third-order valence-corrected chi connectivity index (χ3v) is 6.55. The molecule has 32 heavy (non-hydrogen) atoms. The van der Waals surface area contributed by atoms with Gasteiger partial charge in [0.15, 0.2) is 5.82 Å². The Labute approximate surface area is 185 Å². The highest BCUT2D eigenvalue weighted by atomic mass is 19.4. The number of hydrogen-bond donors (Lipinski definition) is 0. The Hall–Kier alpha value is -2.30. The number of likely N-dealkylation sites (tertiary alicyclic amines) is 1. The zero-order valence-corrected chi connectivity index (χ0v) is 18.1. The number of nitrogens with zero attached hydrogens (tertiary/aromatic N) is 5. The average molecular weight is 451 g/mol. The number of benzene rings is 1. The minimum Gasteiger partial charge on any atom is -0.406 e. The van der Waals surface area contributed by atoms with Gasteiger partial charge in [0.1, 0.15) is 5.75 Å². The molecule has 0 radical (unpaired) electrons. The molecule has 10 heteroatoms. The fourth-order valence-electron chi connectivity index (χ4n) is 4.78. The van der Waals surface area contributed by atoms with Gasteiger partial charge in [-0.25, -0.2) is 4.68 Å². The normalized spacial score (nSPS) is 21.4. The highest BCUT2D eigenvalue weighted by molar-refractivity contribution is 5.45. The summed E-state index contributed by atoms with van der Waals surface area (Å²) in [7, 11) is 0. The molecule has 1 spiro atoms. The largest absolute Gasteiger partial charge is 0.573 e. The predicted molar refractivity (Wildman–Crippen MR) is 113 cm³/mol. The number of piperazine rings is 1. The van der Waals surface area contributed by atoms with Gasteiger partial charge in [-0.3, -0.25) is 4.90 Å². The zero-order chi connectivity index (χ0) is 22.3. The first-order valence-corrected chi connectivity index (χ1v) is 11.0. The Morgan fingerprint density at radius 1 is 1.00 bits per heavy atom. The van der Waals surface area contributed by atoms with Gasteiger partial charge in [0.05, 0.1) is 18.9 Å². The highest BCUT2D eigenvalue weighted by Crippen LogP contribution is 2.37. The van der Waals surface area contributed by atoms with Crippen LogP contribution < -0.4 is 9.64 Å². The van der Waals surface area contributed by atoms with E-state index in [0.29, 0.717) is 11.1 Å². The van der Waals surface area contributed by atoms with Crippen LogP contribution in [0.5, 0.6) is 5.75 Å². The van der Waals surface area contributed by atoms with Crippen molar-refractivity contribution in [1.82, 2.24) is 19.6 Å². The van der Waals surface area contributed by atoms with Crippen molar-refractivity contribution in [1.29, 1.82) is 0 Å². The number of hydrogen-bond acceptors (Lipinski definition) is 6. The van der Waals surface area contributed by atoms with E-state index in [1.54, 1.807) is 16.8 Å².